The van der Waals surface area contributed by atoms with Crippen LogP contribution in [0.1, 0.15) is 110 Å². The molecule has 0 aromatic heterocycles. The Kier molecular flexibility index (Phi) is 16.4. The van der Waals surface area contributed by atoms with Gasteiger partial charge in [0.15, 0.2) is 0 Å². The second kappa shape index (κ2) is 16.8. The third-order valence-electron chi connectivity index (χ3n) is 4.32. The number of rotatable bonds is 17. The first-order chi connectivity index (χ1) is 10.7. The van der Waals surface area contributed by atoms with E-state index in [0.29, 0.717) is 12.8 Å². The minimum Gasteiger partial charge on any atom is -0.481 e. The highest BCUT2D eigenvalue weighted by molar-refractivity contribution is 5.66. The number of aliphatic carboxylic acids is 1. The molecule has 0 saturated carbocycles. The molecule has 0 rings (SSSR count). The zero-order valence-corrected chi connectivity index (χ0v) is 14.7. The van der Waals surface area contributed by atoms with Crippen molar-refractivity contribution in [2.45, 2.75) is 116 Å². The summed E-state index contributed by atoms with van der Waals surface area (Å²) in [5, 5.41) is 18.3. The predicted octanol–water partition coefficient (Wildman–Crippen LogP) is 5.69. The van der Waals surface area contributed by atoms with Gasteiger partial charge in [0, 0.05) is 6.42 Å². The SMILES string of the molecule is CCCCCCCCCCCCCCC(O)CCCC(=O)O. The van der Waals surface area contributed by atoms with Crippen molar-refractivity contribution in [2.75, 3.05) is 0 Å². The Labute approximate surface area is 137 Å². The van der Waals surface area contributed by atoms with Crippen LogP contribution in [0.2, 0.25) is 0 Å². The van der Waals surface area contributed by atoms with Crippen LogP contribution in [0.5, 0.6) is 0 Å². The van der Waals surface area contributed by atoms with E-state index in [1.54, 1.807) is 0 Å². The maximum absolute atomic E-state index is 10.4. The van der Waals surface area contributed by atoms with Crippen LogP contribution in [-0.2, 0) is 4.79 Å². The third-order valence-corrected chi connectivity index (χ3v) is 4.32. The van der Waals surface area contributed by atoms with Crippen LogP contribution in [0.3, 0.4) is 0 Å². The molecule has 0 amide bonds. The lowest BCUT2D eigenvalue weighted by Gasteiger charge is -2.09. The van der Waals surface area contributed by atoms with Crippen LogP contribution in [0.15, 0.2) is 0 Å². The second-order valence-corrected chi connectivity index (χ2v) is 6.62. The highest BCUT2D eigenvalue weighted by atomic mass is 16.4. The molecule has 0 aliphatic heterocycles. The van der Waals surface area contributed by atoms with E-state index >= 15 is 0 Å². The normalized spacial score (nSPS) is 12.5. The Morgan fingerprint density at radius 1 is 0.727 bits per heavy atom. The Morgan fingerprint density at radius 2 is 1.14 bits per heavy atom. The molecule has 1 atom stereocenters. The Morgan fingerprint density at radius 3 is 1.59 bits per heavy atom. The van der Waals surface area contributed by atoms with Crippen molar-refractivity contribution in [2.24, 2.45) is 0 Å². The van der Waals surface area contributed by atoms with E-state index in [1.165, 1.54) is 70.6 Å². The minimum absolute atomic E-state index is 0.176. The van der Waals surface area contributed by atoms with Crippen molar-refractivity contribution in [3.8, 4) is 0 Å². The number of aliphatic hydroxyl groups excluding tert-OH is 1. The zero-order chi connectivity index (χ0) is 16.5. The summed E-state index contributed by atoms with van der Waals surface area (Å²) in [6.07, 6.45) is 17.9. The van der Waals surface area contributed by atoms with Crippen molar-refractivity contribution in [3.05, 3.63) is 0 Å². The molecule has 0 heterocycles. The van der Waals surface area contributed by atoms with Gasteiger partial charge in [-0.2, -0.15) is 0 Å². The molecule has 22 heavy (non-hydrogen) atoms. The predicted molar refractivity (Wildman–Crippen MR) is 93.2 cm³/mol. The van der Waals surface area contributed by atoms with Crippen LogP contribution in [0.4, 0.5) is 0 Å². The van der Waals surface area contributed by atoms with Crippen molar-refractivity contribution in [3.63, 3.8) is 0 Å². The van der Waals surface area contributed by atoms with Crippen LogP contribution in [0.25, 0.3) is 0 Å². The number of hydrogen-bond acceptors (Lipinski definition) is 2. The van der Waals surface area contributed by atoms with Crippen LogP contribution < -0.4 is 0 Å². The fourth-order valence-corrected chi connectivity index (χ4v) is 2.85. The first-order valence-corrected chi connectivity index (χ1v) is 9.56. The standard InChI is InChI=1S/C19H38O3/c1-2-3-4-5-6-7-8-9-10-11-12-13-15-18(20)16-14-17-19(21)22/h18,20H,2-17H2,1H3,(H,21,22). The van der Waals surface area contributed by atoms with Gasteiger partial charge in [-0.15, -0.1) is 0 Å². The summed E-state index contributed by atoms with van der Waals surface area (Å²) in [5.74, 6) is -0.766. The van der Waals surface area contributed by atoms with Gasteiger partial charge in [-0.1, -0.05) is 84.0 Å². The van der Waals surface area contributed by atoms with Gasteiger partial charge >= 0.3 is 5.97 Å². The molecular formula is C19H38O3. The smallest absolute Gasteiger partial charge is 0.303 e. The molecule has 0 saturated heterocycles. The highest BCUT2D eigenvalue weighted by Crippen LogP contribution is 2.14. The van der Waals surface area contributed by atoms with Crippen molar-refractivity contribution < 1.29 is 15.0 Å². The number of carboxylic acids is 1. The topological polar surface area (TPSA) is 57.5 Å². The Bertz CT molecular complexity index is 241. The average Bonchev–Trinajstić information content (AvgIpc) is 2.48. The molecule has 1 unspecified atom stereocenters. The summed E-state index contributed by atoms with van der Waals surface area (Å²) in [6, 6.07) is 0. The molecule has 3 nitrogen and oxygen atoms in total. The van der Waals surface area contributed by atoms with E-state index in [9.17, 15) is 9.90 Å². The maximum atomic E-state index is 10.4. The Balaban J connectivity index is 3.11. The summed E-state index contributed by atoms with van der Waals surface area (Å²) in [7, 11) is 0. The van der Waals surface area contributed by atoms with E-state index in [4.69, 9.17) is 5.11 Å². The number of unbranched alkanes of at least 4 members (excludes halogenated alkanes) is 11. The quantitative estimate of drug-likeness (QED) is 0.339. The van der Waals surface area contributed by atoms with Gasteiger partial charge in [-0.25, -0.2) is 0 Å². The molecular weight excluding hydrogens is 276 g/mol. The third kappa shape index (κ3) is 17.5. The summed E-state index contributed by atoms with van der Waals surface area (Å²) in [5.41, 5.74) is 0. The van der Waals surface area contributed by atoms with Crippen LogP contribution in [-0.4, -0.2) is 22.3 Å². The molecule has 0 bridgehead atoms. The summed E-state index contributed by atoms with van der Waals surface area (Å²) >= 11 is 0. The largest absolute Gasteiger partial charge is 0.481 e. The van der Waals surface area contributed by atoms with E-state index < -0.39 is 5.97 Å². The fourth-order valence-electron chi connectivity index (χ4n) is 2.85. The van der Waals surface area contributed by atoms with Crippen molar-refractivity contribution in [1.29, 1.82) is 0 Å². The number of hydrogen-bond donors (Lipinski definition) is 2. The molecule has 0 fully saturated rings. The van der Waals surface area contributed by atoms with E-state index in [0.717, 1.165) is 12.8 Å². The zero-order valence-electron chi connectivity index (χ0n) is 14.7. The molecule has 0 aliphatic carbocycles. The molecule has 0 aromatic rings. The van der Waals surface area contributed by atoms with E-state index in [1.807, 2.05) is 0 Å². The molecule has 0 aliphatic rings. The van der Waals surface area contributed by atoms with Crippen molar-refractivity contribution in [1.82, 2.24) is 0 Å². The van der Waals surface area contributed by atoms with Crippen LogP contribution in [0, 0.1) is 0 Å². The monoisotopic (exact) mass is 314 g/mol. The lowest BCUT2D eigenvalue weighted by Crippen LogP contribution is -2.07. The van der Waals surface area contributed by atoms with Gasteiger partial charge in [0.2, 0.25) is 0 Å². The number of aliphatic hydroxyl groups is 1. The second-order valence-electron chi connectivity index (χ2n) is 6.62. The lowest BCUT2D eigenvalue weighted by atomic mass is 10.0. The number of carboxylic acid groups (broad SMARTS) is 1. The van der Waals surface area contributed by atoms with Gasteiger partial charge in [0.05, 0.1) is 6.10 Å². The molecule has 0 radical (unpaired) electrons. The average molecular weight is 315 g/mol. The molecule has 3 heteroatoms. The van der Waals surface area contributed by atoms with Gasteiger partial charge in [-0.3, -0.25) is 4.79 Å². The van der Waals surface area contributed by atoms with Crippen molar-refractivity contribution >= 4 is 5.97 Å². The van der Waals surface area contributed by atoms with Gasteiger partial charge in [0.1, 0.15) is 0 Å². The lowest BCUT2D eigenvalue weighted by molar-refractivity contribution is -0.137. The van der Waals surface area contributed by atoms with Crippen LogP contribution >= 0.6 is 0 Å². The molecule has 0 aromatic carbocycles. The minimum atomic E-state index is -0.766. The summed E-state index contributed by atoms with van der Waals surface area (Å²) < 4.78 is 0. The van der Waals surface area contributed by atoms with E-state index in [-0.39, 0.29) is 12.5 Å². The molecule has 2 N–H and O–H groups in total. The summed E-state index contributed by atoms with van der Waals surface area (Å²) in [6.45, 7) is 2.26. The fraction of sp³-hybridized carbons (Fsp3) is 0.947. The molecule has 0 spiro atoms. The number of carbonyl (C=O) groups is 1. The maximum Gasteiger partial charge on any atom is 0.303 e. The first kappa shape index (κ1) is 21.4. The van der Waals surface area contributed by atoms with Gasteiger partial charge < -0.3 is 10.2 Å². The Hall–Kier alpha value is -0.570. The first-order valence-electron chi connectivity index (χ1n) is 9.56. The molecule has 132 valence electrons. The highest BCUT2D eigenvalue weighted by Gasteiger charge is 2.05. The van der Waals surface area contributed by atoms with Gasteiger partial charge in [-0.05, 0) is 19.3 Å². The summed E-state index contributed by atoms with van der Waals surface area (Å²) in [4.78, 5) is 10.4. The van der Waals surface area contributed by atoms with E-state index in [2.05, 4.69) is 6.92 Å². The van der Waals surface area contributed by atoms with Gasteiger partial charge in [0.25, 0.3) is 0 Å².